The lowest BCUT2D eigenvalue weighted by Crippen LogP contribution is -2.26. The molecule has 1 aliphatic rings. The number of methoxy groups -OCH3 is 2. The van der Waals surface area contributed by atoms with E-state index in [9.17, 15) is 4.79 Å². The second kappa shape index (κ2) is 8.86. The number of anilines is 1. The summed E-state index contributed by atoms with van der Waals surface area (Å²) in [5.74, 6) is 2.03. The molecule has 31 heavy (non-hydrogen) atoms. The second-order valence-corrected chi connectivity index (χ2v) is 7.87. The molecule has 1 N–H and O–H groups in total. The third-order valence-corrected chi connectivity index (χ3v) is 5.79. The van der Waals surface area contributed by atoms with Gasteiger partial charge in [-0.15, -0.1) is 0 Å². The first-order chi connectivity index (χ1) is 15.1. The van der Waals surface area contributed by atoms with Crippen LogP contribution in [-0.2, 0) is 10.2 Å². The lowest BCUT2D eigenvalue weighted by Gasteiger charge is -2.19. The smallest absolute Gasteiger partial charge is 0.229 e. The molecule has 2 unspecified atom stereocenters. The van der Waals surface area contributed by atoms with E-state index in [1.165, 1.54) is 6.20 Å². The van der Waals surface area contributed by atoms with Crippen molar-refractivity contribution in [3.8, 4) is 17.2 Å². The van der Waals surface area contributed by atoms with Crippen LogP contribution in [0.3, 0.4) is 0 Å². The molecule has 3 aromatic rings. The Labute approximate surface area is 186 Å². The Morgan fingerprint density at radius 3 is 2.55 bits per heavy atom. The number of carbonyl (C=O) groups is 1. The van der Waals surface area contributed by atoms with Crippen molar-refractivity contribution < 1.29 is 19.0 Å². The largest absolute Gasteiger partial charge is 0.493 e. The number of hydrogen-bond donors (Lipinski definition) is 1. The molecule has 0 saturated heterocycles. The lowest BCUT2D eigenvalue weighted by molar-refractivity contribution is -0.117. The van der Waals surface area contributed by atoms with Gasteiger partial charge in [0.25, 0.3) is 0 Å². The lowest BCUT2D eigenvalue weighted by atomic mass is 9.93. The minimum Gasteiger partial charge on any atom is -0.493 e. The summed E-state index contributed by atoms with van der Waals surface area (Å²) in [6.45, 7) is 0.360. The maximum absolute atomic E-state index is 13.0. The fraction of sp³-hybridized carbons (Fsp3) is 0.250. The molecule has 1 saturated carbocycles. The van der Waals surface area contributed by atoms with Crippen molar-refractivity contribution in [1.82, 2.24) is 4.98 Å². The van der Waals surface area contributed by atoms with Gasteiger partial charge in [-0.1, -0.05) is 41.9 Å². The Morgan fingerprint density at radius 2 is 1.87 bits per heavy atom. The number of amides is 1. The molecule has 2 atom stereocenters. The maximum atomic E-state index is 13.0. The molecule has 6 nitrogen and oxygen atoms in total. The van der Waals surface area contributed by atoms with Crippen LogP contribution in [-0.4, -0.2) is 31.7 Å². The summed E-state index contributed by atoms with van der Waals surface area (Å²) in [5.41, 5.74) is 0.657. The number of halogens is 1. The highest BCUT2D eigenvalue weighted by atomic mass is 35.5. The summed E-state index contributed by atoms with van der Waals surface area (Å²) in [5, 5.41) is 3.41. The van der Waals surface area contributed by atoms with Gasteiger partial charge in [0, 0.05) is 17.7 Å². The predicted octanol–water partition coefficient (Wildman–Crippen LogP) is 4.73. The Balaban J connectivity index is 1.52. The number of nitrogens with one attached hydrogen (secondary N) is 1. The van der Waals surface area contributed by atoms with E-state index < -0.39 is 5.41 Å². The third kappa shape index (κ3) is 4.44. The molecule has 0 spiro atoms. The van der Waals surface area contributed by atoms with Crippen LogP contribution in [0.1, 0.15) is 12.0 Å². The highest BCUT2D eigenvalue weighted by Crippen LogP contribution is 2.55. The van der Waals surface area contributed by atoms with Crippen molar-refractivity contribution in [1.29, 1.82) is 0 Å². The standard InChI is InChI=1S/C24H23ClN2O4/c1-29-20-10-9-18(12-21(20)30-2)31-15-24(16-6-4-3-5-7-16)13-19(24)23(28)27-22-11-8-17(25)14-26-22/h3-12,14,19H,13,15H2,1-2H3,(H,26,27,28). The number of benzene rings is 2. The van der Waals surface area contributed by atoms with Crippen LogP contribution in [0.15, 0.2) is 66.9 Å². The molecule has 1 amide bonds. The molecule has 2 aromatic carbocycles. The minimum absolute atomic E-state index is 0.0883. The van der Waals surface area contributed by atoms with Gasteiger partial charge >= 0.3 is 0 Å². The Morgan fingerprint density at radius 1 is 1.10 bits per heavy atom. The van der Waals surface area contributed by atoms with Crippen LogP contribution in [0, 0.1) is 5.92 Å². The number of aromatic nitrogens is 1. The van der Waals surface area contributed by atoms with Crippen molar-refractivity contribution in [2.24, 2.45) is 5.92 Å². The fourth-order valence-electron chi connectivity index (χ4n) is 3.76. The number of rotatable bonds is 8. The number of ether oxygens (including phenoxy) is 3. The van der Waals surface area contributed by atoms with Gasteiger partial charge in [0.1, 0.15) is 11.6 Å². The van der Waals surface area contributed by atoms with E-state index in [4.69, 9.17) is 25.8 Å². The highest BCUT2D eigenvalue weighted by molar-refractivity contribution is 6.30. The summed E-state index contributed by atoms with van der Waals surface area (Å²) in [4.78, 5) is 17.1. The van der Waals surface area contributed by atoms with E-state index in [-0.39, 0.29) is 11.8 Å². The summed E-state index contributed by atoms with van der Waals surface area (Å²) in [6, 6.07) is 18.8. The molecular weight excluding hydrogens is 416 g/mol. The first-order valence-corrected chi connectivity index (χ1v) is 10.3. The summed E-state index contributed by atoms with van der Waals surface area (Å²) in [7, 11) is 3.17. The quantitative estimate of drug-likeness (QED) is 0.550. The SMILES string of the molecule is COc1ccc(OCC2(c3ccccc3)CC2C(=O)Nc2ccc(Cl)cn2)cc1OC. The molecule has 7 heteroatoms. The molecular formula is C24H23ClN2O4. The molecule has 1 aliphatic carbocycles. The van der Waals surface area contributed by atoms with Crippen LogP contribution >= 0.6 is 11.6 Å². The van der Waals surface area contributed by atoms with E-state index in [1.807, 2.05) is 36.4 Å². The Kier molecular flexibility index (Phi) is 6.00. The van der Waals surface area contributed by atoms with Crippen molar-refractivity contribution in [2.45, 2.75) is 11.8 Å². The molecule has 0 radical (unpaired) electrons. The third-order valence-electron chi connectivity index (χ3n) is 5.57. The van der Waals surface area contributed by atoms with Crippen molar-refractivity contribution in [3.63, 3.8) is 0 Å². The number of carbonyl (C=O) groups excluding carboxylic acids is 1. The highest BCUT2D eigenvalue weighted by Gasteiger charge is 2.60. The van der Waals surface area contributed by atoms with E-state index in [1.54, 1.807) is 38.5 Å². The van der Waals surface area contributed by atoms with Crippen LogP contribution in [0.5, 0.6) is 17.2 Å². The zero-order chi connectivity index (χ0) is 21.8. The molecule has 1 aromatic heterocycles. The van der Waals surface area contributed by atoms with Crippen molar-refractivity contribution >= 4 is 23.3 Å². The van der Waals surface area contributed by atoms with Crippen molar-refractivity contribution in [3.05, 3.63) is 77.4 Å². The van der Waals surface area contributed by atoms with Crippen LogP contribution < -0.4 is 19.5 Å². The zero-order valence-electron chi connectivity index (χ0n) is 17.3. The predicted molar refractivity (Wildman–Crippen MR) is 119 cm³/mol. The Hall–Kier alpha value is -3.25. The molecule has 1 fully saturated rings. The van der Waals surface area contributed by atoms with E-state index in [0.717, 1.165) is 5.56 Å². The van der Waals surface area contributed by atoms with E-state index >= 15 is 0 Å². The zero-order valence-corrected chi connectivity index (χ0v) is 18.1. The van der Waals surface area contributed by atoms with Gasteiger partial charge in [0.2, 0.25) is 5.91 Å². The van der Waals surface area contributed by atoms with Crippen LogP contribution in [0.25, 0.3) is 0 Å². The summed E-state index contributed by atoms with van der Waals surface area (Å²) >= 11 is 5.88. The average molecular weight is 439 g/mol. The summed E-state index contributed by atoms with van der Waals surface area (Å²) < 4.78 is 16.8. The Bertz CT molecular complexity index is 1060. The van der Waals surface area contributed by atoms with Gasteiger partial charge in [-0.25, -0.2) is 4.98 Å². The number of pyridine rings is 1. The van der Waals surface area contributed by atoms with Crippen LogP contribution in [0.4, 0.5) is 5.82 Å². The normalized spacial score (nSPS) is 19.4. The van der Waals surface area contributed by atoms with E-state index in [0.29, 0.717) is 41.1 Å². The van der Waals surface area contributed by atoms with Gasteiger partial charge in [-0.3, -0.25) is 4.79 Å². The van der Waals surface area contributed by atoms with Gasteiger partial charge < -0.3 is 19.5 Å². The monoisotopic (exact) mass is 438 g/mol. The molecule has 0 aliphatic heterocycles. The van der Waals surface area contributed by atoms with Gasteiger partial charge in [0.05, 0.1) is 31.8 Å². The molecule has 160 valence electrons. The molecule has 4 rings (SSSR count). The van der Waals surface area contributed by atoms with E-state index in [2.05, 4.69) is 10.3 Å². The minimum atomic E-state index is -0.412. The topological polar surface area (TPSA) is 69.7 Å². The fourth-order valence-corrected chi connectivity index (χ4v) is 3.87. The van der Waals surface area contributed by atoms with Gasteiger partial charge in [-0.05, 0) is 36.2 Å². The maximum Gasteiger partial charge on any atom is 0.229 e. The van der Waals surface area contributed by atoms with Crippen molar-refractivity contribution in [2.75, 3.05) is 26.1 Å². The molecule has 1 heterocycles. The number of nitrogens with zero attached hydrogens (tertiary/aromatic N) is 1. The van der Waals surface area contributed by atoms with Gasteiger partial charge in [0.15, 0.2) is 11.5 Å². The second-order valence-electron chi connectivity index (χ2n) is 7.44. The van der Waals surface area contributed by atoms with Crippen LogP contribution in [0.2, 0.25) is 5.02 Å². The average Bonchev–Trinajstić information content (AvgIpc) is 3.56. The van der Waals surface area contributed by atoms with Gasteiger partial charge in [-0.2, -0.15) is 0 Å². The molecule has 0 bridgehead atoms. The number of hydrogen-bond acceptors (Lipinski definition) is 5. The first-order valence-electron chi connectivity index (χ1n) is 9.88. The first kappa shape index (κ1) is 21.0. The summed E-state index contributed by atoms with van der Waals surface area (Å²) in [6.07, 6.45) is 2.19.